The Bertz CT molecular complexity index is 545. The molecule has 23 heavy (non-hydrogen) atoms. The van der Waals surface area contributed by atoms with E-state index in [4.69, 9.17) is 9.47 Å². The van der Waals surface area contributed by atoms with Gasteiger partial charge in [0.05, 0.1) is 14.2 Å². The summed E-state index contributed by atoms with van der Waals surface area (Å²) in [7, 11) is 5.14. The number of hydrogen-bond donors (Lipinski definition) is 1. The number of methoxy groups -OCH3 is 2. The Morgan fingerprint density at radius 1 is 1.26 bits per heavy atom. The first-order chi connectivity index (χ1) is 11.1. The third-order valence-electron chi connectivity index (χ3n) is 4.26. The van der Waals surface area contributed by atoms with Gasteiger partial charge >= 0.3 is 0 Å². The van der Waals surface area contributed by atoms with Crippen molar-refractivity contribution in [2.75, 3.05) is 40.6 Å². The van der Waals surface area contributed by atoms with Crippen LogP contribution in [0.4, 0.5) is 0 Å². The molecule has 6 heteroatoms. The summed E-state index contributed by atoms with van der Waals surface area (Å²) < 4.78 is 10.7. The maximum absolute atomic E-state index is 12.6. The number of carbonyl (C=O) groups excluding carboxylic acids is 1. The monoisotopic (exact) mass is 338 g/mol. The van der Waals surface area contributed by atoms with Crippen LogP contribution >= 0.6 is 11.8 Å². The summed E-state index contributed by atoms with van der Waals surface area (Å²) in [5.74, 6) is 1.78. The highest BCUT2D eigenvalue weighted by atomic mass is 32.2. The Kier molecular flexibility index (Phi) is 6.59. The van der Waals surface area contributed by atoms with E-state index in [2.05, 4.69) is 5.32 Å². The lowest BCUT2D eigenvalue weighted by Crippen LogP contribution is -2.39. The zero-order valence-corrected chi connectivity index (χ0v) is 15.2. The SMILES string of the molecule is COc1cc(CN(C)C(=O)C2CCNCC2)c(SC)cc1OC. The maximum Gasteiger partial charge on any atom is 0.225 e. The van der Waals surface area contributed by atoms with Crippen molar-refractivity contribution in [2.45, 2.75) is 24.3 Å². The minimum atomic E-state index is 0.138. The van der Waals surface area contributed by atoms with Crippen LogP contribution < -0.4 is 14.8 Å². The zero-order valence-electron chi connectivity index (χ0n) is 14.3. The Morgan fingerprint density at radius 3 is 2.43 bits per heavy atom. The van der Waals surface area contributed by atoms with Gasteiger partial charge in [0, 0.05) is 24.4 Å². The van der Waals surface area contributed by atoms with Gasteiger partial charge in [-0.25, -0.2) is 0 Å². The molecular formula is C17H26N2O3S. The third-order valence-corrected chi connectivity index (χ3v) is 5.08. The van der Waals surface area contributed by atoms with Gasteiger partial charge in [-0.1, -0.05) is 0 Å². The molecule has 0 aromatic heterocycles. The molecule has 1 aromatic rings. The Labute approximate surface area is 142 Å². The van der Waals surface area contributed by atoms with E-state index in [-0.39, 0.29) is 11.8 Å². The van der Waals surface area contributed by atoms with Gasteiger partial charge in [0.15, 0.2) is 11.5 Å². The zero-order chi connectivity index (χ0) is 16.8. The lowest BCUT2D eigenvalue weighted by atomic mass is 9.96. The molecule has 1 N–H and O–H groups in total. The highest BCUT2D eigenvalue weighted by Gasteiger charge is 2.24. The van der Waals surface area contributed by atoms with Crippen LogP contribution in [0.5, 0.6) is 11.5 Å². The van der Waals surface area contributed by atoms with Crippen molar-refractivity contribution >= 4 is 17.7 Å². The number of nitrogens with zero attached hydrogens (tertiary/aromatic N) is 1. The molecule has 5 nitrogen and oxygen atoms in total. The summed E-state index contributed by atoms with van der Waals surface area (Å²) in [6.45, 7) is 2.44. The summed E-state index contributed by atoms with van der Waals surface area (Å²) in [6.07, 6.45) is 3.87. The fraction of sp³-hybridized carbons (Fsp3) is 0.588. The van der Waals surface area contributed by atoms with Crippen LogP contribution in [-0.2, 0) is 11.3 Å². The molecule has 128 valence electrons. The van der Waals surface area contributed by atoms with Crippen LogP contribution in [0.1, 0.15) is 18.4 Å². The highest BCUT2D eigenvalue weighted by molar-refractivity contribution is 7.98. The number of benzene rings is 1. The molecule has 1 heterocycles. The van der Waals surface area contributed by atoms with Crippen LogP contribution in [0.15, 0.2) is 17.0 Å². The first-order valence-corrected chi connectivity index (χ1v) is 9.07. The summed E-state index contributed by atoms with van der Waals surface area (Å²) in [4.78, 5) is 15.5. The van der Waals surface area contributed by atoms with Gasteiger partial charge in [-0.3, -0.25) is 4.79 Å². The molecule has 0 aliphatic carbocycles. The van der Waals surface area contributed by atoms with Crippen molar-refractivity contribution in [3.05, 3.63) is 17.7 Å². The predicted molar refractivity (Wildman–Crippen MR) is 93.4 cm³/mol. The molecule has 1 saturated heterocycles. The number of nitrogens with one attached hydrogen (secondary N) is 1. The molecule has 1 amide bonds. The lowest BCUT2D eigenvalue weighted by molar-refractivity contribution is -0.135. The van der Waals surface area contributed by atoms with E-state index >= 15 is 0 Å². The fourth-order valence-electron chi connectivity index (χ4n) is 2.93. The molecule has 1 aliphatic rings. The van der Waals surface area contributed by atoms with E-state index in [0.717, 1.165) is 36.4 Å². The van der Waals surface area contributed by atoms with Gasteiger partial charge in [-0.2, -0.15) is 0 Å². The van der Waals surface area contributed by atoms with Crippen molar-refractivity contribution in [2.24, 2.45) is 5.92 Å². The van der Waals surface area contributed by atoms with Crippen molar-refractivity contribution in [1.82, 2.24) is 10.2 Å². The summed E-state index contributed by atoms with van der Waals surface area (Å²) in [5.41, 5.74) is 1.08. The van der Waals surface area contributed by atoms with E-state index in [1.165, 1.54) is 0 Å². The van der Waals surface area contributed by atoms with Crippen molar-refractivity contribution in [3.8, 4) is 11.5 Å². The molecule has 0 bridgehead atoms. The molecule has 1 aliphatic heterocycles. The topological polar surface area (TPSA) is 50.8 Å². The smallest absolute Gasteiger partial charge is 0.225 e. The van der Waals surface area contributed by atoms with Crippen molar-refractivity contribution < 1.29 is 14.3 Å². The van der Waals surface area contributed by atoms with E-state index in [0.29, 0.717) is 18.0 Å². The number of carbonyl (C=O) groups is 1. The number of amides is 1. The van der Waals surface area contributed by atoms with Crippen molar-refractivity contribution in [3.63, 3.8) is 0 Å². The van der Waals surface area contributed by atoms with Crippen LogP contribution in [0, 0.1) is 5.92 Å². The summed E-state index contributed by atoms with van der Waals surface area (Å²) in [5, 5.41) is 3.30. The fourth-order valence-corrected chi connectivity index (χ4v) is 3.54. The second-order valence-corrected chi connectivity index (χ2v) is 6.59. The first-order valence-electron chi connectivity index (χ1n) is 7.85. The maximum atomic E-state index is 12.6. The third kappa shape index (κ3) is 4.32. The quantitative estimate of drug-likeness (QED) is 0.807. The molecule has 0 spiro atoms. The Balaban J connectivity index is 2.15. The highest BCUT2D eigenvalue weighted by Crippen LogP contribution is 2.35. The summed E-state index contributed by atoms with van der Waals surface area (Å²) >= 11 is 1.65. The van der Waals surface area contributed by atoms with Crippen LogP contribution in [-0.4, -0.2) is 51.4 Å². The van der Waals surface area contributed by atoms with E-state index in [1.807, 2.05) is 30.3 Å². The average Bonchev–Trinajstić information content (AvgIpc) is 2.61. The van der Waals surface area contributed by atoms with Gasteiger partial charge in [0.2, 0.25) is 5.91 Å². The van der Waals surface area contributed by atoms with Crippen molar-refractivity contribution in [1.29, 1.82) is 0 Å². The van der Waals surface area contributed by atoms with Gasteiger partial charge < -0.3 is 19.7 Å². The molecule has 1 aromatic carbocycles. The lowest BCUT2D eigenvalue weighted by Gasteiger charge is -2.27. The van der Waals surface area contributed by atoms with Crippen LogP contribution in [0.25, 0.3) is 0 Å². The predicted octanol–water partition coefficient (Wildman–Crippen LogP) is 2.38. The van der Waals surface area contributed by atoms with E-state index in [1.54, 1.807) is 26.0 Å². The second-order valence-electron chi connectivity index (χ2n) is 5.74. The average molecular weight is 338 g/mol. The largest absolute Gasteiger partial charge is 0.493 e. The standard InChI is InChI=1S/C17H26N2O3S/c1-19(17(20)12-5-7-18-8-6-12)11-13-9-14(21-2)15(22-3)10-16(13)23-4/h9-10,12,18H,5-8,11H2,1-4H3. The molecule has 0 unspecified atom stereocenters. The van der Waals surface area contributed by atoms with Gasteiger partial charge in [-0.15, -0.1) is 11.8 Å². The van der Waals surface area contributed by atoms with E-state index in [9.17, 15) is 4.79 Å². The number of thioether (sulfide) groups is 1. The van der Waals surface area contributed by atoms with Gasteiger partial charge in [-0.05, 0) is 49.9 Å². The van der Waals surface area contributed by atoms with Gasteiger partial charge in [0.25, 0.3) is 0 Å². The summed E-state index contributed by atoms with van der Waals surface area (Å²) in [6, 6.07) is 3.94. The molecule has 2 rings (SSSR count). The Hall–Kier alpha value is -1.40. The number of piperidine rings is 1. The molecule has 0 atom stereocenters. The minimum Gasteiger partial charge on any atom is -0.493 e. The van der Waals surface area contributed by atoms with E-state index < -0.39 is 0 Å². The number of hydrogen-bond acceptors (Lipinski definition) is 5. The Morgan fingerprint density at radius 2 is 1.87 bits per heavy atom. The normalized spacial score (nSPS) is 15.3. The van der Waals surface area contributed by atoms with Crippen LogP contribution in [0.3, 0.4) is 0 Å². The second kappa shape index (κ2) is 8.45. The number of rotatable bonds is 6. The molecule has 0 saturated carbocycles. The van der Waals surface area contributed by atoms with Crippen LogP contribution in [0.2, 0.25) is 0 Å². The van der Waals surface area contributed by atoms with Gasteiger partial charge in [0.1, 0.15) is 0 Å². The molecular weight excluding hydrogens is 312 g/mol. The minimum absolute atomic E-state index is 0.138. The molecule has 0 radical (unpaired) electrons. The number of ether oxygens (including phenoxy) is 2. The first kappa shape index (κ1) is 17.9. The molecule has 1 fully saturated rings.